The lowest BCUT2D eigenvalue weighted by Crippen LogP contribution is -2.14. The lowest BCUT2D eigenvalue weighted by Gasteiger charge is -2.10. The third kappa shape index (κ3) is 1.94. The number of aromatic nitrogens is 3. The second-order valence-electron chi connectivity index (χ2n) is 3.31. The molecule has 0 aliphatic heterocycles. The molecular weight excluding hydrogens is 227 g/mol. The first-order valence-corrected chi connectivity index (χ1v) is 5.67. The molecule has 2 rings (SSSR count). The summed E-state index contributed by atoms with van der Waals surface area (Å²) < 4.78 is 17.3. The zero-order valence-corrected chi connectivity index (χ0v) is 9.54. The van der Waals surface area contributed by atoms with Crippen LogP contribution in [0.25, 0.3) is 0 Å². The maximum absolute atomic E-state index is 13.5. The zero-order chi connectivity index (χ0) is 11.5. The van der Waals surface area contributed by atoms with E-state index in [-0.39, 0.29) is 0 Å². The molecule has 0 saturated heterocycles. The van der Waals surface area contributed by atoms with Gasteiger partial charge in [0.25, 0.3) is 0 Å². The lowest BCUT2D eigenvalue weighted by molar-refractivity contribution is 0.593. The largest absolute Gasteiger partial charge is 0.319 e. The first-order valence-electron chi connectivity index (χ1n) is 4.90. The Bertz CT molecular complexity index is 485. The highest BCUT2D eigenvalue weighted by Gasteiger charge is 2.19. The quantitative estimate of drug-likeness (QED) is 0.883. The standard InChI is InChI=1S/C10H11FN4S/c1-2-8-10(16-15-14-8)9(12)6-3-4-13-5-7(6)11/h3-5,9H,2,12H2,1H3. The molecule has 0 radical (unpaired) electrons. The average Bonchev–Trinajstić information content (AvgIpc) is 2.77. The molecule has 0 aromatic carbocycles. The van der Waals surface area contributed by atoms with Crippen molar-refractivity contribution in [2.45, 2.75) is 19.4 Å². The van der Waals surface area contributed by atoms with Gasteiger partial charge < -0.3 is 5.73 Å². The Balaban J connectivity index is 2.39. The summed E-state index contributed by atoms with van der Waals surface area (Å²) >= 11 is 1.21. The molecule has 0 aliphatic rings. The third-order valence-electron chi connectivity index (χ3n) is 2.34. The SMILES string of the molecule is CCc1nnsc1C(N)c1ccncc1F. The minimum Gasteiger partial charge on any atom is -0.319 e. The molecule has 2 aromatic rings. The van der Waals surface area contributed by atoms with Crippen molar-refractivity contribution >= 4 is 11.5 Å². The molecule has 4 nitrogen and oxygen atoms in total. The molecule has 0 saturated carbocycles. The van der Waals surface area contributed by atoms with Crippen LogP contribution in [0.5, 0.6) is 0 Å². The van der Waals surface area contributed by atoms with Crippen LogP contribution in [0.4, 0.5) is 4.39 Å². The van der Waals surface area contributed by atoms with E-state index in [0.717, 1.165) is 23.2 Å². The molecule has 0 spiro atoms. The number of halogens is 1. The van der Waals surface area contributed by atoms with Gasteiger partial charge in [-0.2, -0.15) is 0 Å². The summed E-state index contributed by atoms with van der Waals surface area (Å²) in [5, 5.41) is 3.96. The Morgan fingerprint density at radius 2 is 2.38 bits per heavy atom. The minimum atomic E-state index is -0.516. The second-order valence-corrected chi connectivity index (χ2v) is 4.10. The van der Waals surface area contributed by atoms with Gasteiger partial charge in [0.2, 0.25) is 0 Å². The van der Waals surface area contributed by atoms with Crippen molar-refractivity contribution in [1.29, 1.82) is 0 Å². The van der Waals surface area contributed by atoms with Gasteiger partial charge in [-0.15, -0.1) is 5.10 Å². The van der Waals surface area contributed by atoms with Gasteiger partial charge in [-0.25, -0.2) is 4.39 Å². The Kier molecular flexibility index (Phi) is 3.21. The Hall–Kier alpha value is -1.40. The number of hydrogen-bond donors (Lipinski definition) is 1. The van der Waals surface area contributed by atoms with Crippen molar-refractivity contribution < 1.29 is 4.39 Å². The first kappa shape index (κ1) is 11.1. The van der Waals surface area contributed by atoms with Gasteiger partial charge in [-0.3, -0.25) is 4.98 Å². The highest BCUT2D eigenvalue weighted by molar-refractivity contribution is 7.05. The molecule has 1 unspecified atom stereocenters. The van der Waals surface area contributed by atoms with Crippen molar-refractivity contribution in [3.05, 3.63) is 40.4 Å². The van der Waals surface area contributed by atoms with Crippen LogP contribution in [0.15, 0.2) is 18.5 Å². The Labute approximate surface area is 96.5 Å². The normalized spacial score (nSPS) is 12.7. The molecule has 0 aliphatic carbocycles. The van der Waals surface area contributed by atoms with Crippen LogP contribution in [0.1, 0.15) is 29.1 Å². The van der Waals surface area contributed by atoms with Gasteiger partial charge >= 0.3 is 0 Å². The number of aryl methyl sites for hydroxylation is 1. The number of nitrogens with two attached hydrogens (primary N) is 1. The molecule has 1 atom stereocenters. The van der Waals surface area contributed by atoms with Crippen LogP contribution >= 0.6 is 11.5 Å². The van der Waals surface area contributed by atoms with E-state index in [9.17, 15) is 4.39 Å². The highest BCUT2D eigenvalue weighted by atomic mass is 32.1. The number of nitrogens with zero attached hydrogens (tertiary/aromatic N) is 3. The summed E-state index contributed by atoms with van der Waals surface area (Å²) in [5.41, 5.74) is 7.25. The van der Waals surface area contributed by atoms with Crippen molar-refractivity contribution in [1.82, 2.24) is 14.6 Å². The number of rotatable bonds is 3. The van der Waals surface area contributed by atoms with Crippen molar-refractivity contribution in [3.63, 3.8) is 0 Å². The predicted octanol–water partition coefficient (Wildman–Crippen LogP) is 1.68. The summed E-state index contributed by atoms with van der Waals surface area (Å²) in [6.45, 7) is 1.97. The Morgan fingerprint density at radius 3 is 3.06 bits per heavy atom. The fourth-order valence-electron chi connectivity index (χ4n) is 1.48. The average molecular weight is 238 g/mol. The molecule has 0 amide bonds. The van der Waals surface area contributed by atoms with Crippen LogP contribution < -0.4 is 5.73 Å². The van der Waals surface area contributed by atoms with Crippen molar-refractivity contribution in [2.75, 3.05) is 0 Å². The van der Waals surface area contributed by atoms with E-state index in [4.69, 9.17) is 5.73 Å². The van der Waals surface area contributed by atoms with Crippen LogP contribution in [-0.4, -0.2) is 14.6 Å². The molecule has 2 N–H and O–H groups in total. The molecular formula is C10H11FN4S. The lowest BCUT2D eigenvalue weighted by atomic mass is 10.1. The van der Waals surface area contributed by atoms with E-state index >= 15 is 0 Å². The van der Waals surface area contributed by atoms with Gasteiger partial charge in [-0.05, 0) is 24.0 Å². The van der Waals surface area contributed by atoms with Crippen LogP contribution in [0.3, 0.4) is 0 Å². The molecule has 84 valence electrons. The summed E-state index contributed by atoms with van der Waals surface area (Å²) in [6, 6.07) is 1.07. The molecule has 0 bridgehead atoms. The fraction of sp³-hybridized carbons (Fsp3) is 0.300. The van der Waals surface area contributed by atoms with Gasteiger partial charge in [-0.1, -0.05) is 11.4 Å². The molecule has 0 fully saturated rings. The molecule has 6 heteroatoms. The summed E-state index contributed by atoms with van der Waals surface area (Å²) in [4.78, 5) is 4.51. The van der Waals surface area contributed by atoms with Crippen LogP contribution in [-0.2, 0) is 6.42 Å². The number of pyridine rings is 1. The van der Waals surface area contributed by atoms with E-state index < -0.39 is 11.9 Å². The minimum absolute atomic E-state index is 0.398. The fourth-order valence-corrected chi connectivity index (χ4v) is 2.23. The van der Waals surface area contributed by atoms with Gasteiger partial charge in [0.15, 0.2) is 0 Å². The molecule has 2 aromatic heterocycles. The van der Waals surface area contributed by atoms with Crippen molar-refractivity contribution in [3.8, 4) is 0 Å². The highest BCUT2D eigenvalue weighted by Crippen LogP contribution is 2.26. The van der Waals surface area contributed by atoms with E-state index in [0.29, 0.717) is 5.56 Å². The zero-order valence-electron chi connectivity index (χ0n) is 8.72. The second kappa shape index (κ2) is 4.63. The third-order valence-corrected chi connectivity index (χ3v) is 3.19. The van der Waals surface area contributed by atoms with Gasteiger partial charge in [0.1, 0.15) is 5.82 Å². The van der Waals surface area contributed by atoms with Gasteiger partial charge in [0, 0.05) is 11.8 Å². The summed E-state index contributed by atoms with van der Waals surface area (Å²) in [7, 11) is 0. The summed E-state index contributed by atoms with van der Waals surface area (Å²) in [5.74, 6) is -0.398. The van der Waals surface area contributed by atoms with E-state index in [1.165, 1.54) is 17.7 Å². The number of hydrogen-bond acceptors (Lipinski definition) is 5. The van der Waals surface area contributed by atoms with E-state index in [2.05, 4.69) is 14.6 Å². The first-order chi connectivity index (χ1) is 7.74. The smallest absolute Gasteiger partial charge is 0.146 e. The maximum Gasteiger partial charge on any atom is 0.146 e. The Morgan fingerprint density at radius 1 is 1.56 bits per heavy atom. The molecule has 2 heterocycles. The monoisotopic (exact) mass is 238 g/mol. The topological polar surface area (TPSA) is 64.7 Å². The van der Waals surface area contributed by atoms with Crippen molar-refractivity contribution in [2.24, 2.45) is 5.73 Å². The van der Waals surface area contributed by atoms with E-state index in [1.807, 2.05) is 6.92 Å². The van der Waals surface area contributed by atoms with E-state index in [1.54, 1.807) is 6.07 Å². The maximum atomic E-state index is 13.5. The molecule has 16 heavy (non-hydrogen) atoms. The summed E-state index contributed by atoms with van der Waals surface area (Å²) in [6.07, 6.45) is 3.43. The van der Waals surface area contributed by atoms with Crippen LogP contribution in [0, 0.1) is 5.82 Å². The van der Waals surface area contributed by atoms with Crippen LogP contribution in [0.2, 0.25) is 0 Å². The van der Waals surface area contributed by atoms with Gasteiger partial charge in [0.05, 0.1) is 22.8 Å². The predicted molar refractivity (Wildman–Crippen MR) is 59.5 cm³/mol.